The Labute approximate surface area is 132 Å². The molecule has 0 radical (unpaired) electrons. The summed E-state index contributed by atoms with van der Waals surface area (Å²) < 4.78 is 1.82. The molecule has 1 heterocycles. The highest BCUT2D eigenvalue weighted by atomic mass is 32.2. The number of hydrogen-bond acceptors (Lipinski definition) is 6. The quantitative estimate of drug-likeness (QED) is 0.514. The molecule has 2 rings (SSSR count). The highest BCUT2D eigenvalue weighted by molar-refractivity contribution is 7.99. The minimum atomic E-state index is -0.309. The molecule has 0 aliphatic rings. The summed E-state index contributed by atoms with van der Waals surface area (Å²) in [5.41, 5.74) is 6.70. The van der Waals surface area contributed by atoms with E-state index in [9.17, 15) is 4.79 Å². The van der Waals surface area contributed by atoms with E-state index in [4.69, 9.17) is 11.0 Å². The Hall–Kier alpha value is -2.59. The fraction of sp³-hybridized carbons (Fsp3) is 0.200. The average Bonchev–Trinajstić information content (AvgIpc) is 2.87. The first-order valence-corrected chi connectivity index (χ1v) is 7.50. The van der Waals surface area contributed by atoms with Crippen molar-refractivity contribution < 1.29 is 4.79 Å². The van der Waals surface area contributed by atoms with Crippen molar-refractivity contribution in [3.8, 4) is 17.5 Å². The first kappa shape index (κ1) is 15.8. The molecule has 112 valence electrons. The highest BCUT2D eigenvalue weighted by Crippen LogP contribution is 2.22. The fourth-order valence-electron chi connectivity index (χ4n) is 1.85. The van der Waals surface area contributed by atoms with Crippen LogP contribution in [0.25, 0.3) is 11.4 Å². The number of nitrogens with two attached hydrogens (primary N) is 1. The van der Waals surface area contributed by atoms with Crippen LogP contribution in [-0.4, -0.2) is 26.3 Å². The van der Waals surface area contributed by atoms with Crippen molar-refractivity contribution in [1.29, 1.82) is 5.26 Å². The molecule has 2 aromatic rings. The molecule has 22 heavy (non-hydrogen) atoms. The Morgan fingerprint density at radius 1 is 1.36 bits per heavy atom. The summed E-state index contributed by atoms with van der Waals surface area (Å²) in [6.07, 6.45) is 0. The van der Waals surface area contributed by atoms with Gasteiger partial charge in [-0.05, 0) is 6.92 Å². The van der Waals surface area contributed by atoms with Gasteiger partial charge in [0.15, 0.2) is 16.8 Å². The third-order valence-electron chi connectivity index (χ3n) is 2.98. The lowest BCUT2D eigenvalue weighted by atomic mass is 10.2. The molecule has 0 bridgehead atoms. The smallest absolute Gasteiger partial charge is 0.191 e. The molecule has 0 amide bonds. The average molecular weight is 313 g/mol. The van der Waals surface area contributed by atoms with Crippen LogP contribution in [0.2, 0.25) is 0 Å². The Morgan fingerprint density at radius 2 is 2.05 bits per heavy atom. The summed E-state index contributed by atoms with van der Waals surface area (Å²) in [6.45, 7) is 1.54. The standard InChI is InChI=1S/C15H15N5OS/c1-10(17)12(8-16)13(21)9-22-15-19-18-14(20(15)2)11-6-4-3-5-7-11/h3-7H,9,17H2,1-2H3/b12-10+. The van der Waals surface area contributed by atoms with Crippen molar-refractivity contribution in [2.75, 3.05) is 5.75 Å². The van der Waals surface area contributed by atoms with Gasteiger partial charge in [0.1, 0.15) is 11.6 Å². The summed E-state index contributed by atoms with van der Waals surface area (Å²) in [6, 6.07) is 11.5. The number of nitrogens with zero attached hydrogens (tertiary/aromatic N) is 4. The van der Waals surface area contributed by atoms with E-state index in [2.05, 4.69) is 10.2 Å². The summed E-state index contributed by atoms with van der Waals surface area (Å²) in [5.74, 6) is 0.511. The Morgan fingerprint density at radius 3 is 2.64 bits per heavy atom. The van der Waals surface area contributed by atoms with Gasteiger partial charge in [0, 0.05) is 18.3 Å². The second-order valence-electron chi connectivity index (χ2n) is 4.61. The van der Waals surface area contributed by atoms with Gasteiger partial charge in [-0.25, -0.2) is 0 Å². The van der Waals surface area contributed by atoms with Gasteiger partial charge in [0.05, 0.1) is 5.75 Å². The number of nitriles is 1. The van der Waals surface area contributed by atoms with Gasteiger partial charge in [0.2, 0.25) is 0 Å². The molecule has 0 aliphatic carbocycles. The molecular formula is C15H15N5OS. The number of Topliss-reactive ketones (excluding diaryl/α,β-unsaturated/α-hetero) is 1. The third kappa shape index (κ3) is 3.35. The minimum absolute atomic E-state index is 0.00190. The van der Waals surface area contributed by atoms with Crippen molar-refractivity contribution in [2.45, 2.75) is 12.1 Å². The number of aromatic nitrogens is 3. The molecular weight excluding hydrogens is 298 g/mol. The number of allylic oxidation sites excluding steroid dienone is 2. The van der Waals surface area contributed by atoms with Gasteiger partial charge in [0.25, 0.3) is 0 Å². The zero-order chi connectivity index (χ0) is 16.1. The van der Waals surface area contributed by atoms with Crippen molar-refractivity contribution in [2.24, 2.45) is 12.8 Å². The van der Waals surface area contributed by atoms with Gasteiger partial charge in [-0.2, -0.15) is 5.26 Å². The van der Waals surface area contributed by atoms with E-state index in [-0.39, 0.29) is 22.8 Å². The lowest BCUT2D eigenvalue weighted by Gasteiger charge is -2.04. The molecule has 2 N–H and O–H groups in total. The van der Waals surface area contributed by atoms with Crippen molar-refractivity contribution in [1.82, 2.24) is 14.8 Å². The zero-order valence-corrected chi connectivity index (χ0v) is 13.1. The number of hydrogen-bond donors (Lipinski definition) is 1. The normalized spacial score (nSPS) is 11.7. The van der Waals surface area contributed by atoms with E-state index in [0.29, 0.717) is 5.16 Å². The lowest BCUT2D eigenvalue weighted by molar-refractivity contribution is -0.112. The molecule has 7 heteroatoms. The second-order valence-corrected chi connectivity index (χ2v) is 5.56. The summed E-state index contributed by atoms with van der Waals surface area (Å²) in [4.78, 5) is 11.9. The fourth-order valence-corrected chi connectivity index (χ4v) is 2.64. The molecule has 1 aromatic carbocycles. The molecule has 0 saturated carbocycles. The van der Waals surface area contributed by atoms with E-state index in [1.807, 2.05) is 48.0 Å². The maximum absolute atomic E-state index is 11.9. The number of benzene rings is 1. The number of ketones is 1. The summed E-state index contributed by atoms with van der Waals surface area (Å²) >= 11 is 1.23. The van der Waals surface area contributed by atoms with Crippen LogP contribution < -0.4 is 5.73 Å². The van der Waals surface area contributed by atoms with Crippen LogP contribution in [-0.2, 0) is 11.8 Å². The molecule has 0 unspecified atom stereocenters. The van der Waals surface area contributed by atoms with Gasteiger partial charge >= 0.3 is 0 Å². The largest absolute Gasteiger partial charge is 0.401 e. The molecule has 1 aromatic heterocycles. The van der Waals surface area contributed by atoms with Crippen LogP contribution in [0.1, 0.15) is 6.92 Å². The van der Waals surface area contributed by atoms with Crippen LogP contribution in [0.4, 0.5) is 0 Å². The van der Waals surface area contributed by atoms with Crippen molar-refractivity contribution in [3.05, 3.63) is 41.6 Å². The number of thioether (sulfide) groups is 1. The van der Waals surface area contributed by atoms with E-state index in [1.165, 1.54) is 18.7 Å². The maximum Gasteiger partial charge on any atom is 0.191 e. The van der Waals surface area contributed by atoms with Crippen molar-refractivity contribution >= 4 is 17.5 Å². The number of carbonyl (C=O) groups is 1. The molecule has 0 aliphatic heterocycles. The minimum Gasteiger partial charge on any atom is -0.401 e. The van der Waals surface area contributed by atoms with Crippen LogP contribution in [0, 0.1) is 11.3 Å². The first-order valence-electron chi connectivity index (χ1n) is 6.52. The van der Waals surface area contributed by atoms with Gasteiger partial charge in [-0.3, -0.25) is 4.79 Å². The molecule has 0 spiro atoms. The molecule has 0 fully saturated rings. The Balaban J connectivity index is 2.13. The van der Waals surface area contributed by atoms with Crippen LogP contribution in [0.5, 0.6) is 0 Å². The van der Waals surface area contributed by atoms with E-state index in [1.54, 1.807) is 0 Å². The SMILES string of the molecule is C/C(N)=C(/C#N)C(=O)CSc1nnc(-c2ccccc2)n1C. The lowest BCUT2D eigenvalue weighted by Crippen LogP contribution is -2.10. The molecule has 6 nitrogen and oxygen atoms in total. The Bertz CT molecular complexity index is 754. The molecule has 0 saturated heterocycles. The number of rotatable bonds is 5. The monoisotopic (exact) mass is 313 g/mol. The number of carbonyl (C=O) groups excluding carboxylic acids is 1. The molecule has 0 atom stereocenters. The topological polar surface area (TPSA) is 97.6 Å². The highest BCUT2D eigenvalue weighted by Gasteiger charge is 2.15. The van der Waals surface area contributed by atoms with Gasteiger partial charge in [-0.1, -0.05) is 42.1 Å². The second kappa shape index (κ2) is 6.91. The third-order valence-corrected chi connectivity index (χ3v) is 4.00. The Kier molecular flexibility index (Phi) is 4.96. The zero-order valence-electron chi connectivity index (χ0n) is 12.3. The van der Waals surface area contributed by atoms with E-state index in [0.717, 1.165) is 11.4 Å². The summed E-state index contributed by atoms with van der Waals surface area (Å²) in [5, 5.41) is 17.8. The first-order chi connectivity index (χ1) is 10.5. The van der Waals surface area contributed by atoms with Crippen LogP contribution in [0.3, 0.4) is 0 Å². The van der Waals surface area contributed by atoms with Gasteiger partial charge < -0.3 is 10.3 Å². The van der Waals surface area contributed by atoms with E-state index < -0.39 is 0 Å². The maximum atomic E-state index is 11.9. The predicted octanol–water partition coefficient (Wildman–Crippen LogP) is 1.90. The van der Waals surface area contributed by atoms with Crippen LogP contribution in [0.15, 0.2) is 46.8 Å². The van der Waals surface area contributed by atoms with Crippen LogP contribution >= 0.6 is 11.8 Å². The van der Waals surface area contributed by atoms with Gasteiger partial charge in [-0.15, -0.1) is 10.2 Å². The van der Waals surface area contributed by atoms with E-state index >= 15 is 0 Å². The van der Waals surface area contributed by atoms with Crippen molar-refractivity contribution in [3.63, 3.8) is 0 Å². The predicted molar refractivity (Wildman–Crippen MR) is 84.7 cm³/mol. The summed E-state index contributed by atoms with van der Waals surface area (Å²) in [7, 11) is 1.84.